The van der Waals surface area contributed by atoms with Crippen LogP contribution in [0.4, 0.5) is 0 Å². The first-order chi connectivity index (χ1) is 36.4. The highest BCUT2D eigenvalue weighted by Gasteiger charge is 2.26. The molecule has 11 aromatic rings. The molecule has 0 unspecified atom stereocenters. The Morgan fingerprint density at radius 3 is 0.756 bits per heavy atom. The lowest BCUT2D eigenvalue weighted by Gasteiger charge is -2.19. The molecule has 0 aliphatic rings. The fourth-order valence-electron chi connectivity index (χ4n) is 11.3. The van der Waals surface area contributed by atoms with Crippen LogP contribution in [-0.2, 0) is 32.5 Å². The molecule has 0 saturated heterocycles. The van der Waals surface area contributed by atoms with Crippen molar-refractivity contribution in [1.29, 1.82) is 0 Å². The zero-order valence-electron chi connectivity index (χ0n) is 49.7. The van der Waals surface area contributed by atoms with E-state index in [1.54, 1.807) is 0 Å². The number of hydrogen-bond acceptors (Lipinski definition) is 2. The summed E-state index contributed by atoms with van der Waals surface area (Å²) in [5, 5.41) is 5.22. The van der Waals surface area contributed by atoms with Gasteiger partial charge >= 0.3 is 0 Å². The molecule has 2 nitrogen and oxygen atoms in total. The van der Waals surface area contributed by atoms with Gasteiger partial charge < -0.3 is 9.13 Å². The molecular formula is C74H80N2S2. The molecule has 0 fully saturated rings. The van der Waals surface area contributed by atoms with Crippen LogP contribution in [0.25, 0.3) is 98.1 Å². The number of aromatic nitrogens is 2. The first-order valence-corrected chi connectivity index (χ1v) is 29.9. The summed E-state index contributed by atoms with van der Waals surface area (Å²) >= 11 is 3.85. The number of rotatable bonds is 6. The zero-order chi connectivity index (χ0) is 55.8. The normalized spacial score (nSPS) is 13.3. The Hall–Kier alpha value is -6.46. The highest BCUT2D eigenvalue weighted by atomic mass is 32.1. The summed E-state index contributed by atoms with van der Waals surface area (Å²) in [6, 6.07) is 61.8. The molecule has 0 aliphatic heterocycles. The SMILES string of the molecule is CC(C)(C)c1ccc2c(c1)c1cc(C(C)(C)C)ccc1n2-c1ccc(-c2cc(-c3ccc(C(C)(C)C)s3)c(-c3ccc(-n4c5ccc(C(C)(C)C)cc5c5cc(C(C)(C)C)ccc54)cc3)cc2-c2ccc(C(C)(C)C)s2)cc1. The maximum Gasteiger partial charge on any atom is 0.0541 e. The summed E-state index contributed by atoms with van der Waals surface area (Å²) in [7, 11) is 0. The van der Waals surface area contributed by atoms with Gasteiger partial charge in [0.2, 0.25) is 0 Å². The lowest BCUT2D eigenvalue weighted by molar-refractivity contribution is 0.590. The van der Waals surface area contributed by atoms with Crippen molar-refractivity contribution in [2.45, 2.75) is 157 Å². The molecule has 0 amide bonds. The lowest BCUT2D eigenvalue weighted by Crippen LogP contribution is -2.10. The van der Waals surface area contributed by atoms with Crippen LogP contribution in [0.15, 0.2) is 158 Å². The molecule has 0 saturated carbocycles. The predicted octanol–water partition coefficient (Wildman–Crippen LogP) is 22.5. The second-order valence-electron chi connectivity index (χ2n) is 28.5. The first-order valence-electron chi connectivity index (χ1n) is 28.2. The summed E-state index contributed by atoms with van der Waals surface area (Å²) < 4.78 is 4.96. The van der Waals surface area contributed by atoms with Gasteiger partial charge in [0.15, 0.2) is 0 Å². The Balaban J connectivity index is 1.10. The van der Waals surface area contributed by atoms with E-state index in [2.05, 4.69) is 291 Å². The highest BCUT2D eigenvalue weighted by Crippen LogP contribution is 2.49. The largest absolute Gasteiger partial charge is 0.309 e. The van der Waals surface area contributed by atoms with Gasteiger partial charge in [-0.3, -0.25) is 0 Å². The van der Waals surface area contributed by atoms with Crippen molar-refractivity contribution < 1.29 is 0 Å². The van der Waals surface area contributed by atoms with Crippen molar-refractivity contribution in [2.75, 3.05) is 0 Å². The minimum absolute atomic E-state index is 0.0304. The van der Waals surface area contributed by atoms with Crippen LogP contribution >= 0.6 is 22.7 Å². The molecule has 398 valence electrons. The van der Waals surface area contributed by atoms with Crippen molar-refractivity contribution in [3.05, 3.63) is 190 Å². The van der Waals surface area contributed by atoms with Crippen molar-refractivity contribution in [2.24, 2.45) is 0 Å². The average molecular weight is 1060 g/mol. The molecule has 0 N–H and O–H groups in total. The van der Waals surface area contributed by atoms with Gasteiger partial charge in [-0.25, -0.2) is 0 Å². The highest BCUT2D eigenvalue weighted by molar-refractivity contribution is 7.16. The number of thiophene rings is 2. The minimum Gasteiger partial charge on any atom is -0.309 e. The third kappa shape index (κ3) is 9.70. The van der Waals surface area contributed by atoms with Crippen LogP contribution in [0.5, 0.6) is 0 Å². The van der Waals surface area contributed by atoms with Crippen molar-refractivity contribution >= 4 is 66.3 Å². The molecular weight excluding hydrogens is 981 g/mol. The van der Waals surface area contributed by atoms with E-state index in [0.29, 0.717) is 0 Å². The third-order valence-corrected chi connectivity index (χ3v) is 19.3. The van der Waals surface area contributed by atoms with Gasteiger partial charge in [0.05, 0.1) is 22.1 Å². The fraction of sp³-hybridized carbons (Fsp3) is 0.324. The van der Waals surface area contributed by atoms with Gasteiger partial charge in [0.1, 0.15) is 0 Å². The van der Waals surface area contributed by atoms with E-state index in [4.69, 9.17) is 0 Å². The predicted molar refractivity (Wildman–Crippen MR) is 345 cm³/mol. The second-order valence-corrected chi connectivity index (χ2v) is 30.6. The number of fused-ring (bicyclic) bond motifs is 6. The summed E-state index contributed by atoms with van der Waals surface area (Å²) in [6.07, 6.45) is 0. The first kappa shape index (κ1) is 53.5. The van der Waals surface area contributed by atoms with Gasteiger partial charge in [0, 0.05) is 63.6 Å². The fourth-order valence-corrected chi connectivity index (χ4v) is 13.5. The maximum absolute atomic E-state index is 2.51. The van der Waals surface area contributed by atoms with Gasteiger partial charge in [-0.05, 0) is 186 Å². The van der Waals surface area contributed by atoms with E-state index in [9.17, 15) is 0 Å². The second kappa shape index (κ2) is 18.6. The summed E-state index contributed by atoms with van der Waals surface area (Å²) in [5.74, 6) is 0. The van der Waals surface area contributed by atoms with Gasteiger partial charge in [-0.1, -0.05) is 173 Å². The molecule has 0 aliphatic carbocycles. The summed E-state index contributed by atoms with van der Waals surface area (Å²) in [6.45, 7) is 41.7. The molecule has 4 aromatic heterocycles. The molecule has 11 rings (SSSR count). The monoisotopic (exact) mass is 1060 g/mol. The zero-order valence-corrected chi connectivity index (χ0v) is 51.4. The Labute approximate surface area is 473 Å². The number of nitrogens with zero attached hydrogens (tertiary/aromatic N) is 2. The van der Waals surface area contributed by atoms with Crippen LogP contribution < -0.4 is 0 Å². The molecule has 4 heterocycles. The molecule has 4 heteroatoms. The molecule has 7 aromatic carbocycles. The van der Waals surface area contributed by atoms with Crippen LogP contribution in [0.2, 0.25) is 0 Å². The lowest BCUT2D eigenvalue weighted by atomic mass is 9.85. The van der Waals surface area contributed by atoms with Gasteiger partial charge in [-0.15, -0.1) is 22.7 Å². The van der Waals surface area contributed by atoms with Gasteiger partial charge in [0.25, 0.3) is 0 Å². The molecule has 0 radical (unpaired) electrons. The van der Waals surface area contributed by atoms with Crippen molar-refractivity contribution in [1.82, 2.24) is 9.13 Å². The van der Waals surface area contributed by atoms with Crippen LogP contribution in [-0.4, -0.2) is 9.13 Å². The van der Waals surface area contributed by atoms with E-state index in [1.165, 1.54) is 119 Å². The van der Waals surface area contributed by atoms with E-state index in [1.807, 2.05) is 22.7 Å². The van der Waals surface area contributed by atoms with Crippen LogP contribution in [0.3, 0.4) is 0 Å². The standard InChI is InChI=1S/C74H80N2S2/c1-69(2,3)47-23-31-61-55(39-47)56-40-48(70(4,5)6)24-32-62(56)75(61)51-27-19-45(20-28-51)53-43-60(66-36-38-68(78-66)74(16,17)18)54(44-59(53)65-35-37-67(77-65)73(13,14)15)46-21-29-52(30-22-46)76-63-33-25-49(71(7,8)9)41-57(63)58-42-50(72(10,11)12)26-34-64(58)76/h19-44H,1-18H3. The van der Waals surface area contributed by atoms with Crippen molar-refractivity contribution in [3.63, 3.8) is 0 Å². The minimum atomic E-state index is 0.0304. The molecule has 0 bridgehead atoms. The molecule has 0 spiro atoms. The Morgan fingerprint density at radius 2 is 0.526 bits per heavy atom. The number of hydrogen-bond donors (Lipinski definition) is 0. The Kier molecular flexibility index (Phi) is 12.7. The topological polar surface area (TPSA) is 9.86 Å². The number of benzene rings is 7. The smallest absolute Gasteiger partial charge is 0.0541 e. The van der Waals surface area contributed by atoms with E-state index >= 15 is 0 Å². The summed E-state index contributed by atoms with van der Waals surface area (Å²) in [5.41, 5.74) is 20.3. The average Bonchev–Trinajstić information content (AvgIpc) is 4.24. The Morgan fingerprint density at radius 1 is 0.256 bits per heavy atom. The van der Waals surface area contributed by atoms with E-state index < -0.39 is 0 Å². The van der Waals surface area contributed by atoms with E-state index in [0.717, 1.165) is 11.4 Å². The molecule has 0 atom stereocenters. The van der Waals surface area contributed by atoms with E-state index in [-0.39, 0.29) is 32.5 Å². The Bertz CT molecular complexity index is 3690. The third-order valence-electron chi connectivity index (χ3n) is 16.2. The van der Waals surface area contributed by atoms with Crippen molar-refractivity contribution in [3.8, 4) is 54.5 Å². The summed E-state index contributed by atoms with van der Waals surface area (Å²) in [4.78, 5) is 5.33. The van der Waals surface area contributed by atoms with Crippen LogP contribution in [0.1, 0.15) is 157 Å². The maximum atomic E-state index is 2.51. The van der Waals surface area contributed by atoms with Crippen LogP contribution in [0, 0.1) is 0 Å². The van der Waals surface area contributed by atoms with Gasteiger partial charge in [-0.2, -0.15) is 0 Å². The quantitative estimate of drug-likeness (QED) is 0.157. The molecule has 78 heavy (non-hydrogen) atoms.